The van der Waals surface area contributed by atoms with E-state index in [1.807, 2.05) is 188 Å². The second-order valence-electron chi connectivity index (χ2n) is 31.1. The minimum Gasteiger partial charge on any atom is -0.303 e. The van der Waals surface area contributed by atoms with Crippen molar-refractivity contribution in [2.24, 2.45) is 0 Å². The van der Waals surface area contributed by atoms with Gasteiger partial charge in [-0.1, -0.05) is 352 Å². The topological polar surface area (TPSA) is 88.0 Å². The van der Waals surface area contributed by atoms with E-state index in [4.69, 9.17) is 0 Å². The first-order valence-electron chi connectivity index (χ1n) is 40.8. The Labute approximate surface area is 689 Å². The van der Waals surface area contributed by atoms with E-state index in [0.29, 0.717) is 26.2 Å². The average molecular weight is 1540 g/mol. The molecule has 0 aliphatic heterocycles. The highest BCUT2D eigenvalue weighted by Crippen LogP contribution is 2.36. The summed E-state index contributed by atoms with van der Waals surface area (Å²) >= 11 is 0. The summed E-state index contributed by atoms with van der Waals surface area (Å²) in [5.41, 5.74) is 8.68. The molecule has 0 amide bonds. The van der Waals surface area contributed by atoms with Crippen molar-refractivity contribution >= 4 is 173 Å². The van der Waals surface area contributed by atoms with Gasteiger partial charge in [-0.05, 0) is 191 Å². The number of aromatic nitrogens is 4. The summed E-state index contributed by atoms with van der Waals surface area (Å²) in [6.07, 6.45) is 0. The summed E-state index contributed by atoms with van der Waals surface area (Å²) in [7, 11) is 0. The number of benzene rings is 20. The minimum atomic E-state index is 0.0570. The van der Waals surface area contributed by atoms with E-state index in [0.717, 1.165) is 109 Å². The van der Waals surface area contributed by atoms with Gasteiger partial charge in [0.15, 0.2) is 0 Å². The van der Waals surface area contributed by atoms with Crippen LogP contribution < -0.4 is 22.2 Å². The second kappa shape index (κ2) is 30.5. The third kappa shape index (κ3) is 12.8. The SMILES string of the molecule is O=c1c2ccccc2c2ccccc2n1Cc1ccc2c(ccc3ccccc32)c1.O=c1c2ccccc2c2ccccc2n1Cc1ccc2ccc3ccccc3c2c1.O=c1c2ccccc2c2ccccc2n1Cc1cccc2c1ccc1ccccc12.O=c1c2ccccc2c2ccccc2n1Cc1cccc2ccc3ccccc3c12. The van der Waals surface area contributed by atoms with E-state index in [2.05, 4.69) is 243 Å². The van der Waals surface area contributed by atoms with Crippen molar-refractivity contribution in [2.45, 2.75) is 26.2 Å². The molecule has 24 aromatic rings. The molecule has 0 saturated carbocycles. The molecule has 0 radical (unpaired) electrons. The summed E-state index contributed by atoms with van der Waals surface area (Å²) < 4.78 is 7.65. The maximum atomic E-state index is 13.5. The molecule has 0 spiro atoms. The van der Waals surface area contributed by atoms with Gasteiger partial charge in [-0.25, -0.2) is 0 Å². The van der Waals surface area contributed by atoms with Crippen LogP contribution in [-0.4, -0.2) is 18.3 Å². The number of nitrogens with zero attached hydrogens (tertiary/aromatic N) is 4. The minimum absolute atomic E-state index is 0.0570. The Morgan fingerprint density at radius 1 is 0.150 bits per heavy atom. The van der Waals surface area contributed by atoms with Gasteiger partial charge in [-0.15, -0.1) is 0 Å². The standard InChI is InChI=1S/4C28H19NO/c30-28-25-14-4-3-12-23(25)24-13-5-6-15-26(24)29(28)18-21-10-7-9-20-17-16-19-8-1-2-11-22(19)27(20)21;30-28-26-13-4-3-11-24(26)25-12-5-6-15-27(25)29(28)18-20-9-7-14-23-21-10-2-1-8-19(21)16-17-22(20)23;30-28-26-11-4-3-9-24(26)25-10-5-6-12-27(25)29(28)18-19-13-16-23-21(17-19)15-14-20-7-1-2-8-22(20)23;30-28-25-11-4-3-9-23(25)24-10-5-6-12-27(24)29(28)18-19-13-14-21-16-15-20-7-1-2-8-22(20)26(21)17-19/h4*1-17H,18H2. The number of hydrogen-bond acceptors (Lipinski definition) is 4. The maximum Gasteiger partial charge on any atom is 0.259 e. The highest BCUT2D eigenvalue weighted by atomic mass is 16.1. The molecule has 0 bridgehead atoms. The monoisotopic (exact) mass is 1540 g/mol. The normalized spacial score (nSPS) is 11.6. The maximum absolute atomic E-state index is 13.5. The van der Waals surface area contributed by atoms with Gasteiger partial charge in [0.2, 0.25) is 0 Å². The molecule has 20 aromatic carbocycles. The Balaban J connectivity index is 0.0000000990. The highest BCUT2D eigenvalue weighted by Gasteiger charge is 2.19. The summed E-state index contributed by atoms with van der Waals surface area (Å²) in [6.45, 7) is 2.17. The van der Waals surface area contributed by atoms with Crippen LogP contribution in [0.4, 0.5) is 0 Å². The Morgan fingerprint density at radius 3 is 0.858 bits per heavy atom. The highest BCUT2D eigenvalue weighted by molar-refractivity contribution is 6.14. The van der Waals surface area contributed by atoms with Crippen LogP contribution in [0.3, 0.4) is 0 Å². The molecular weight excluding hydrogens is 1470 g/mol. The third-order valence-electron chi connectivity index (χ3n) is 24.2. The van der Waals surface area contributed by atoms with Crippen molar-refractivity contribution < 1.29 is 0 Å². The first-order chi connectivity index (χ1) is 59.2. The lowest BCUT2D eigenvalue weighted by molar-refractivity contribution is 0.804. The van der Waals surface area contributed by atoms with E-state index in [9.17, 15) is 19.2 Å². The summed E-state index contributed by atoms with van der Waals surface area (Å²) in [5, 5.41) is 31.2. The van der Waals surface area contributed by atoms with E-state index in [1.165, 1.54) is 86.2 Å². The zero-order valence-electron chi connectivity index (χ0n) is 65.5. The van der Waals surface area contributed by atoms with Crippen LogP contribution in [0.15, 0.2) is 432 Å². The van der Waals surface area contributed by atoms with Gasteiger partial charge < -0.3 is 18.3 Å². The molecule has 0 saturated heterocycles. The van der Waals surface area contributed by atoms with Gasteiger partial charge in [0.25, 0.3) is 22.2 Å². The molecule has 0 unspecified atom stereocenters. The molecule has 0 N–H and O–H groups in total. The van der Waals surface area contributed by atoms with Crippen molar-refractivity contribution in [3.05, 3.63) is 476 Å². The number of hydrogen-bond donors (Lipinski definition) is 0. The smallest absolute Gasteiger partial charge is 0.259 e. The van der Waals surface area contributed by atoms with Gasteiger partial charge >= 0.3 is 0 Å². The van der Waals surface area contributed by atoms with Crippen LogP contribution >= 0.6 is 0 Å². The van der Waals surface area contributed by atoms with E-state index in [1.54, 1.807) is 0 Å². The molecule has 0 fully saturated rings. The molecular formula is C112H76N4O4. The summed E-state index contributed by atoms with van der Waals surface area (Å²) in [6, 6.07) is 141. The van der Waals surface area contributed by atoms with E-state index >= 15 is 0 Å². The Hall–Kier alpha value is -15.6. The lowest BCUT2D eigenvalue weighted by Crippen LogP contribution is -2.21. The van der Waals surface area contributed by atoms with Crippen LogP contribution in [-0.2, 0) is 26.2 Å². The van der Waals surface area contributed by atoms with Gasteiger partial charge in [0.1, 0.15) is 0 Å². The first kappa shape index (κ1) is 72.1. The molecule has 0 aliphatic carbocycles. The summed E-state index contributed by atoms with van der Waals surface area (Å²) in [4.78, 5) is 53.7. The van der Waals surface area contributed by atoms with E-state index < -0.39 is 0 Å². The number of para-hydroxylation sites is 4. The van der Waals surface area contributed by atoms with E-state index in [-0.39, 0.29) is 22.2 Å². The van der Waals surface area contributed by atoms with Crippen molar-refractivity contribution in [1.29, 1.82) is 0 Å². The Kier molecular flexibility index (Phi) is 18.3. The number of fused-ring (bicyclic) bond motifs is 24. The fourth-order valence-electron chi connectivity index (χ4n) is 18.5. The zero-order chi connectivity index (χ0) is 80.3. The largest absolute Gasteiger partial charge is 0.303 e. The predicted molar refractivity (Wildman–Crippen MR) is 505 cm³/mol. The van der Waals surface area contributed by atoms with Gasteiger partial charge in [-0.3, -0.25) is 19.2 Å². The Bertz CT molecular complexity index is 8510. The molecule has 4 heterocycles. The third-order valence-corrected chi connectivity index (χ3v) is 24.2. The van der Waals surface area contributed by atoms with Crippen LogP contribution in [0.1, 0.15) is 22.3 Å². The molecule has 4 aromatic heterocycles. The average Bonchev–Trinajstić information content (AvgIpc) is 0.754. The molecule has 0 aliphatic rings. The fourth-order valence-corrected chi connectivity index (χ4v) is 18.5. The van der Waals surface area contributed by atoms with Crippen LogP contribution in [0.2, 0.25) is 0 Å². The lowest BCUT2D eigenvalue weighted by atomic mass is 9.97. The Morgan fingerprint density at radius 2 is 0.400 bits per heavy atom. The van der Waals surface area contributed by atoms with Crippen molar-refractivity contribution in [3.63, 3.8) is 0 Å². The second-order valence-corrected chi connectivity index (χ2v) is 31.1. The van der Waals surface area contributed by atoms with Crippen molar-refractivity contribution in [3.8, 4) is 0 Å². The quantitative estimate of drug-likeness (QED) is 0.142. The lowest BCUT2D eigenvalue weighted by Gasteiger charge is -2.15. The molecule has 8 nitrogen and oxygen atoms in total. The number of pyridine rings is 4. The molecule has 8 heteroatoms. The molecule has 0 atom stereocenters. The first-order valence-corrected chi connectivity index (χ1v) is 40.8. The van der Waals surface area contributed by atoms with Gasteiger partial charge in [0.05, 0.1) is 48.2 Å². The van der Waals surface area contributed by atoms with Gasteiger partial charge in [-0.2, -0.15) is 0 Å². The summed E-state index contributed by atoms with van der Waals surface area (Å²) in [5.74, 6) is 0. The van der Waals surface area contributed by atoms with Crippen molar-refractivity contribution in [2.75, 3.05) is 0 Å². The predicted octanol–water partition coefficient (Wildman–Crippen LogP) is 26.0. The molecule has 568 valence electrons. The molecule has 24 rings (SSSR count). The van der Waals surface area contributed by atoms with Crippen molar-refractivity contribution in [1.82, 2.24) is 18.3 Å². The van der Waals surface area contributed by atoms with Crippen LogP contribution in [0.25, 0.3) is 173 Å². The number of rotatable bonds is 8. The van der Waals surface area contributed by atoms with Gasteiger partial charge in [0, 0.05) is 43.1 Å². The van der Waals surface area contributed by atoms with Crippen LogP contribution in [0, 0.1) is 0 Å². The zero-order valence-corrected chi connectivity index (χ0v) is 65.5. The molecule has 120 heavy (non-hydrogen) atoms. The fraction of sp³-hybridized carbons (Fsp3) is 0.0357. The van der Waals surface area contributed by atoms with Crippen LogP contribution in [0.5, 0.6) is 0 Å².